The standard InChI is InChI=1S/C5H11N.C2H5Cl/c1-6-4-2-3-5-6;1-2-3/h2-5H2,1H3;2H2,1H3. The number of alkyl halides is 1. The van der Waals surface area contributed by atoms with Gasteiger partial charge in [0.05, 0.1) is 0 Å². The molecule has 0 aromatic heterocycles. The van der Waals surface area contributed by atoms with Gasteiger partial charge in [0.1, 0.15) is 0 Å². The quantitative estimate of drug-likeness (QED) is 0.476. The Kier molecular flexibility index (Phi) is 6.55. The zero-order valence-corrected chi connectivity index (χ0v) is 7.12. The highest BCUT2D eigenvalue weighted by Crippen LogP contribution is 2.01. The molecule has 1 aliphatic heterocycles. The van der Waals surface area contributed by atoms with E-state index in [2.05, 4.69) is 11.9 Å². The maximum absolute atomic E-state index is 5.00. The number of hydrogen-bond acceptors (Lipinski definition) is 1. The molecule has 56 valence electrons. The van der Waals surface area contributed by atoms with Crippen molar-refractivity contribution in [3.05, 3.63) is 0 Å². The Morgan fingerprint density at radius 1 is 1.33 bits per heavy atom. The van der Waals surface area contributed by atoms with Crippen LogP contribution in [0.2, 0.25) is 0 Å². The lowest BCUT2D eigenvalue weighted by atomic mass is 10.4. The zero-order valence-electron chi connectivity index (χ0n) is 6.36. The Bertz CT molecular complexity index is 50.9. The van der Waals surface area contributed by atoms with E-state index in [1.54, 1.807) is 0 Å². The van der Waals surface area contributed by atoms with Crippen molar-refractivity contribution in [3.8, 4) is 0 Å². The molecule has 0 amide bonds. The molecule has 9 heavy (non-hydrogen) atoms. The summed E-state index contributed by atoms with van der Waals surface area (Å²) in [6.07, 6.45) is 2.83. The highest BCUT2D eigenvalue weighted by Gasteiger charge is 2.03. The first-order valence-corrected chi connectivity index (χ1v) is 4.09. The van der Waals surface area contributed by atoms with Crippen LogP contribution >= 0.6 is 11.6 Å². The second-order valence-corrected chi connectivity index (χ2v) is 2.81. The van der Waals surface area contributed by atoms with Crippen molar-refractivity contribution >= 4 is 11.6 Å². The summed E-state index contributed by atoms with van der Waals surface area (Å²) in [6.45, 7) is 4.53. The maximum Gasteiger partial charge on any atom is 0.0195 e. The van der Waals surface area contributed by atoms with E-state index in [-0.39, 0.29) is 0 Å². The van der Waals surface area contributed by atoms with Gasteiger partial charge in [-0.05, 0) is 33.0 Å². The molecule has 0 N–H and O–H groups in total. The number of likely N-dealkylation sites (tertiary alicyclic amines) is 1. The molecule has 1 saturated heterocycles. The second kappa shape index (κ2) is 6.37. The fourth-order valence-corrected chi connectivity index (χ4v) is 0.875. The predicted molar refractivity (Wildman–Crippen MR) is 43.1 cm³/mol. The van der Waals surface area contributed by atoms with Crippen molar-refractivity contribution in [2.75, 3.05) is 26.0 Å². The third-order valence-corrected chi connectivity index (χ3v) is 1.33. The topological polar surface area (TPSA) is 3.24 Å². The largest absolute Gasteiger partial charge is 0.306 e. The molecule has 1 rings (SSSR count). The Labute approximate surface area is 63.0 Å². The second-order valence-electron chi connectivity index (χ2n) is 2.28. The van der Waals surface area contributed by atoms with Gasteiger partial charge >= 0.3 is 0 Å². The van der Waals surface area contributed by atoms with E-state index in [1.807, 2.05) is 6.92 Å². The monoisotopic (exact) mass is 149 g/mol. The molecule has 0 aliphatic carbocycles. The van der Waals surface area contributed by atoms with Gasteiger partial charge in [0.25, 0.3) is 0 Å². The maximum atomic E-state index is 5.00. The molecule has 1 aliphatic rings. The summed E-state index contributed by atoms with van der Waals surface area (Å²) >= 11 is 5.00. The van der Waals surface area contributed by atoms with Gasteiger partial charge in [-0.2, -0.15) is 0 Å². The first kappa shape index (κ1) is 9.25. The van der Waals surface area contributed by atoms with Crippen LogP contribution in [0.1, 0.15) is 19.8 Å². The number of rotatable bonds is 0. The van der Waals surface area contributed by atoms with E-state index < -0.39 is 0 Å². The highest BCUT2D eigenvalue weighted by molar-refractivity contribution is 6.17. The Hall–Kier alpha value is 0.250. The van der Waals surface area contributed by atoms with E-state index in [1.165, 1.54) is 25.9 Å². The smallest absolute Gasteiger partial charge is 0.0195 e. The Morgan fingerprint density at radius 2 is 1.67 bits per heavy atom. The van der Waals surface area contributed by atoms with Crippen LogP contribution in [0, 0.1) is 0 Å². The molecular weight excluding hydrogens is 134 g/mol. The van der Waals surface area contributed by atoms with E-state index in [0.717, 1.165) is 5.88 Å². The first-order valence-electron chi connectivity index (χ1n) is 3.55. The SMILES string of the molecule is CCCl.CN1CCCC1. The van der Waals surface area contributed by atoms with E-state index in [4.69, 9.17) is 11.6 Å². The molecule has 0 aromatic rings. The lowest BCUT2D eigenvalue weighted by Gasteiger charge is -2.01. The molecule has 0 atom stereocenters. The summed E-state index contributed by atoms with van der Waals surface area (Å²) in [5.74, 6) is 0.722. The molecule has 0 aromatic carbocycles. The van der Waals surface area contributed by atoms with Gasteiger partial charge in [-0.1, -0.05) is 6.92 Å². The van der Waals surface area contributed by atoms with Crippen molar-refractivity contribution in [1.82, 2.24) is 4.90 Å². The van der Waals surface area contributed by atoms with Gasteiger partial charge in [0, 0.05) is 5.88 Å². The summed E-state index contributed by atoms with van der Waals surface area (Å²) in [6, 6.07) is 0. The van der Waals surface area contributed by atoms with Crippen LogP contribution in [0.5, 0.6) is 0 Å². The van der Waals surface area contributed by atoms with Crippen LogP contribution < -0.4 is 0 Å². The molecule has 0 spiro atoms. The molecule has 1 heterocycles. The van der Waals surface area contributed by atoms with Gasteiger partial charge in [0.2, 0.25) is 0 Å². The third kappa shape index (κ3) is 6.13. The number of halogens is 1. The summed E-state index contributed by atoms with van der Waals surface area (Å²) < 4.78 is 0. The van der Waals surface area contributed by atoms with Crippen LogP contribution in [-0.4, -0.2) is 30.9 Å². The molecule has 0 radical (unpaired) electrons. The molecule has 1 fully saturated rings. The lowest BCUT2D eigenvalue weighted by Crippen LogP contribution is -2.10. The summed E-state index contributed by atoms with van der Waals surface area (Å²) in [5.41, 5.74) is 0. The lowest BCUT2D eigenvalue weighted by molar-refractivity contribution is 0.418. The third-order valence-electron chi connectivity index (χ3n) is 1.33. The zero-order chi connectivity index (χ0) is 7.11. The summed E-state index contributed by atoms with van der Waals surface area (Å²) in [5, 5.41) is 0. The number of hydrogen-bond donors (Lipinski definition) is 0. The van der Waals surface area contributed by atoms with Crippen molar-refractivity contribution in [1.29, 1.82) is 0 Å². The fraction of sp³-hybridized carbons (Fsp3) is 1.00. The van der Waals surface area contributed by atoms with Crippen LogP contribution in [0.4, 0.5) is 0 Å². The van der Waals surface area contributed by atoms with Crippen LogP contribution in [0.25, 0.3) is 0 Å². The molecule has 0 bridgehead atoms. The van der Waals surface area contributed by atoms with E-state index in [9.17, 15) is 0 Å². The molecule has 0 unspecified atom stereocenters. The minimum Gasteiger partial charge on any atom is -0.306 e. The van der Waals surface area contributed by atoms with Gasteiger partial charge in [0.15, 0.2) is 0 Å². The van der Waals surface area contributed by atoms with Gasteiger partial charge in [-0.15, -0.1) is 11.6 Å². The predicted octanol–water partition coefficient (Wildman–Crippen LogP) is 1.96. The van der Waals surface area contributed by atoms with Gasteiger partial charge in [-0.25, -0.2) is 0 Å². The Balaban J connectivity index is 0.000000187. The minimum atomic E-state index is 0.722. The average molecular weight is 150 g/mol. The fourth-order valence-electron chi connectivity index (χ4n) is 0.875. The molecule has 1 nitrogen and oxygen atoms in total. The highest BCUT2D eigenvalue weighted by atomic mass is 35.5. The van der Waals surface area contributed by atoms with Crippen LogP contribution in [0.15, 0.2) is 0 Å². The number of nitrogens with zero attached hydrogens (tertiary/aromatic N) is 1. The van der Waals surface area contributed by atoms with E-state index >= 15 is 0 Å². The van der Waals surface area contributed by atoms with Gasteiger partial charge in [-0.3, -0.25) is 0 Å². The molecule has 0 saturated carbocycles. The summed E-state index contributed by atoms with van der Waals surface area (Å²) in [7, 11) is 2.17. The van der Waals surface area contributed by atoms with Crippen molar-refractivity contribution in [2.24, 2.45) is 0 Å². The normalized spacial score (nSPS) is 19.0. The molecule has 2 heteroatoms. The van der Waals surface area contributed by atoms with Gasteiger partial charge < -0.3 is 4.90 Å². The first-order chi connectivity index (χ1) is 4.31. The minimum absolute atomic E-state index is 0.722. The summed E-state index contributed by atoms with van der Waals surface area (Å²) in [4.78, 5) is 2.36. The average Bonchev–Trinajstić information content (AvgIpc) is 2.20. The van der Waals surface area contributed by atoms with Crippen molar-refractivity contribution < 1.29 is 0 Å². The van der Waals surface area contributed by atoms with E-state index in [0.29, 0.717) is 0 Å². The molecular formula is C7H16ClN. The van der Waals surface area contributed by atoms with Crippen LogP contribution in [0.3, 0.4) is 0 Å². The van der Waals surface area contributed by atoms with Crippen LogP contribution in [-0.2, 0) is 0 Å². The van der Waals surface area contributed by atoms with Crippen molar-refractivity contribution in [2.45, 2.75) is 19.8 Å². The Morgan fingerprint density at radius 3 is 1.78 bits per heavy atom. The van der Waals surface area contributed by atoms with Crippen molar-refractivity contribution in [3.63, 3.8) is 0 Å².